The van der Waals surface area contributed by atoms with Gasteiger partial charge < -0.3 is 15.3 Å². The highest BCUT2D eigenvalue weighted by atomic mass is 79.9. The van der Waals surface area contributed by atoms with E-state index in [1.54, 1.807) is 12.4 Å². The summed E-state index contributed by atoms with van der Waals surface area (Å²) in [5, 5.41) is 12.3. The van der Waals surface area contributed by atoms with Crippen molar-refractivity contribution in [1.29, 1.82) is 0 Å². The third kappa shape index (κ3) is 2.90. The smallest absolute Gasteiger partial charge is 0.407 e. The quantitative estimate of drug-likeness (QED) is 0.894. The Morgan fingerprint density at radius 2 is 2.28 bits per heavy atom. The lowest BCUT2D eigenvalue weighted by molar-refractivity contribution is 0.139. The van der Waals surface area contributed by atoms with E-state index >= 15 is 0 Å². The van der Waals surface area contributed by atoms with Crippen LogP contribution in [0.25, 0.3) is 0 Å². The largest absolute Gasteiger partial charge is 0.465 e. The Morgan fingerprint density at radius 3 is 2.78 bits per heavy atom. The third-order valence-electron chi connectivity index (χ3n) is 3.08. The van der Waals surface area contributed by atoms with Crippen LogP contribution in [0, 0.1) is 0 Å². The minimum atomic E-state index is -0.858. The van der Waals surface area contributed by atoms with Crippen LogP contribution >= 0.6 is 15.9 Å². The SMILES string of the molecule is CC[C@@H]1C[C@H](Nc2ncc(Br)cn2)CN1C(=O)O. The average molecular weight is 315 g/mol. The number of nitrogens with one attached hydrogen (secondary N) is 1. The molecule has 1 amide bonds. The summed E-state index contributed by atoms with van der Waals surface area (Å²) in [6.07, 6.45) is 4.09. The number of carbonyl (C=O) groups is 1. The molecule has 1 aliphatic rings. The summed E-state index contributed by atoms with van der Waals surface area (Å²) in [5.41, 5.74) is 0. The van der Waals surface area contributed by atoms with Gasteiger partial charge in [-0.05, 0) is 28.8 Å². The monoisotopic (exact) mass is 314 g/mol. The number of nitrogens with zero attached hydrogens (tertiary/aromatic N) is 3. The Bertz CT molecular complexity index is 426. The molecule has 2 heterocycles. The molecule has 0 spiro atoms. The standard InChI is InChI=1S/C11H15BrN4O2/c1-2-9-3-8(6-16(9)11(17)18)15-10-13-4-7(12)5-14-10/h4-5,8-9H,2-3,6H2,1H3,(H,17,18)(H,13,14,15)/t8-,9+/m0/s1. The number of anilines is 1. The second kappa shape index (κ2) is 5.51. The van der Waals surface area contributed by atoms with Gasteiger partial charge in [0.25, 0.3) is 0 Å². The number of halogens is 1. The van der Waals surface area contributed by atoms with Crippen LogP contribution in [0.3, 0.4) is 0 Å². The minimum Gasteiger partial charge on any atom is -0.465 e. The molecule has 7 heteroatoms. The highest BCUT2D eigenvalue weighted by Crippen LogP contribution is 2.22. The van der Waals surface area contributed by atoms with E-state index in [1.165, 1.54) is 4.90 Å². The normalized spacial score (nSPS) is 23.1. The summed E-state index contributed by atoms with van der Waals surface area (Å²) in [6.45, 7) is 2.48. The van der Waals surface area contributed by atoms with Crippen molar-refractivity contribution in [3.05, 3.63) is 16.9 Å². The highest BCUT2D eigenvalue weighted by molar-refractivity contribution is 9.10. The molecule has 1 aromatic heterocycles. The van der Waals surface area contributed by atoms with Crippen molar-refractivity contribution in [2.24, 2.45) is 0 Å². The Labute approximate surface area is 114 Å². The zero-order valence-electron chi connectivity index (χ0n) is 10.0. The van der Waals surface area contributed by atoms with Crippen molar-refractivity contribution in [3.8, 4) is 0 Å². The number of likely N-dealkylation sites (tertiary alicyclic amines) is 1. The predicted molar refractivity (Wildman–Crippen MR) is 70.6 cm³/mol. The zero-order chi connectivity index (χ0) is 13.1. The Morgan fingerprint density at radius 1 is 1.61 bits per heavy atom. The molecule has 0 bridgehead atoms. The van der Waals surface area contributed by atoms with Gasteiger partial charge in [0.15, 0.2) is 0 Å². The van der Waals surface area contributed by atoms with Crippen LogP contribution in [-0.2, 0) is 0 Å². The highest BCUT2D eigenvalue weighted by Gasteiger charge is 2.34. The van der Waals surface area contributed by atoms with Crippen LogP contribution in [0.1, 0.15) is 19.8 Å². The van der Waals surface area contributed by atoms with Crippen LogP contribution in [0.4, 0.5) is 10.7 Å². The van der Waals surface area contributed by atoms with Gasteiger partial charge in [-0.3, -0.25) is 0 Å². The van der Waals surface area contributed by atoms with Crippen LogP contribution < -0.4 is 5.32 Å². The number of hydrogen-bond acceptors (Lipinski definition) is 4. The molecule has 0 radical (unpaired) electrons. The molecule has 1 fully saturated rings. The molecule has 1 aromatic rings. The maximum atomic E-state index is 11.1. The summed E-state index contributed by atoms with van der Waals surface area (Å²) < 4.78 is 0.818. The lowest BCUT2D eigenvalue weighted by Crippen LogP contribution is -2.35. The molecule has 0 aliphatic carbocycles. The summed E-state index contributed by atoms with van der Waals surface area (Å²) in [6, 6.07) is 0.155. The summed E-state index contributed by atoms with van der Waals surface area (Å²) in [5.74, 6) is 0.533. The molecule has 0 unspecified atom stereocenters. The van der Waals surface area contributed by atoms with Crippen molar-refractivity contribution in [1.82, 2.24) is 14.9 Å². The lowest BCUT2D eigenvalue weighted by Gasteiger charge is -2.19. The van der Waals surface area contributed by atoms with Gasteiger partial charge in [0.05, 0.1) is 4.47 Å². The van der Waals surface area contributed by atoms with E-state index in [-0.39, 0.29) is 12.1 Å². The molecule has 2 rings (SSSR count). The second-order valence-electron chi connectivity index (χ2n) is 4.30. The molecule has 2 atom stereocenters. The van der Waals surface area contributed by atoms with Crippen LogP contribution in [0.15, 0.2) is 16.9 Å². The summed E-state index contributed by atoms with van der Waals surface area (Å²) in [4.78, 5) is 20.8. The maximum Gasteiger partial charge on any atom is 0.407 e. The van der Waals surface area contributed by atoms with Gasteiger partial charge in [-0.1, -0.05) is 6.92 Å². The Balaban J connectivity index is 1.99. The molecular formula is C11H15BrN4O2. The molecule has 0 aromatic carbocycles. The molecule has 18 heavy (non-hydrogen) atoms. The number of aromatic nitrogens is 2. The van der Waals surface area contributed by atoms with Gasteiger partial charge >= 0.3 is 6.09 Å². The van der Waals surface area contributed by atoms with Gasteiger partial charge in [0, 0.05) is 31.0 Å². The minimum absolute atomic E-state index is 0.0761. The van der Waals surface area contributed by atoms with Gasteiger partial charge in [0.1, 0.15) is 0 Å². The number of amides is 1. The fourth-order valence-corrected chi connectivity index (χ4v) is 2.42. The van der Waals surface area contributed by atoms with E-state index in [2.05, 4.69) is 31.2 Å². The van der Waals surface area contributed by atoms with E-state index in [4.69, 9.17) is 5.11 Å². The molecule has 0 saturated carbocycles. The van der Waals surface area contributed by atoms with Crippen LogP contribution in [-0.4, -0.2) is 44.7 Å². The number of rotatable bonds is 3. The lowest BCUT2D eigenvalue weighted by atomic mass is 10.1. The molecule has 6 nitrogen and oxygen atoms in total. The van der Waals surface area contributed by atoms with Crippen molar-refractivity contribution in [2.75, 3.05) is 11.9 Å². The van der Waals surface area contributed by atoms with Crippen molar-refractivity contribution >= 4 is 28.0 Å². The average Bonchev–Trinajstić information content (AvgIpc) is 2.75. The summed E-state index contributed by atoms with van der Waals surface area (Å²) in [7, 11) is 0. The van der Waals surface area contributed by atoms with E-state index in [0.717, 1.165) is 17.3 Å². The first-order chi connectivity index (χ1) is 8.60. The number of carboxylic acid groups (broad SMARTS) is 1. The molecule has 1 saturated heterocycles. The van der Waals surface area contributed by atoms with E-state index < -0.39 is 6.09 Å². The fourth-order valence-electron chi connectivity index (χ4n) is 2.21. The van der Waals surface area contributed by atoms with Crippen LogP contribution in [0.2, 0.25) is 0 Å². The maximum absolute atomic E-state index is 11.1. The molecule has 2 N–H and O–H groups in total. The molecular weight excluding hydrogens is 300 g/mol. The zero-order valence-corrected chi connectivity index (χ0v) is 11.6. The van der Waals surface area contributed by atoms with Gasteiger partial charge in [0.2, 0.25) is 5.95 Å². The van der Waals surface area contributed by atoms with Gasteiger partial charge in [-0.25, -0.2) is 14.8 Å². The molecule has 1 aliphatic heterocycles. The third-order valence-corrected chi connectivity index (χ3v) is 3.49. The first-order valence-corrected chi connectivity index (χ1v) is 6.63. The first kappa shape index (κ1) is 13.1. The van der Waals surface area contributed by atoms with Crippen molar-refractivity contribution in [3.63, 3.8) is 0 Å². The van der Waals surface area contributed by atoms with E-state index in [9.17, 15) is 4.79 Å². The van der Waals surface area contributed by atoms with Gasteiger partial charge in [-0.15, -0.1) is 0 Å². The fraction of sp³-hybridized carbons (Fsp3) is 0.545. The topological polar surface area (TPSA) is 78.4 Å². The van der Waals surface area contributed by atoms with Crippen LogP contribution in [0.5, 0.6) is 0 Å². The van der Waals surface area contributed by atoms with E-state index in [1.807, 2.05) is 6.92 Å². The Hall–Kier alpha value is -1.37. The number of hydrogen-bond donors (Lipinski definition) is 2. The predicted octanol–water partition coefficient (Wildman–Crippen LogP) is 2.18. The van der Waals surface area contributed by atoms with E-state index in [0.29, 0.717) is 12.5 Å². The van der Waals surface area contributed by atoms with Crippen molar-refractivity contribution in [2.45, 2.75) is 31.8 Å². The van der Waals surface area contributed by atoms with Crippen molar-refractivity contribution < 1.29 is 9.90 Å². The molecule has 98 valence electrons. The second-order valence-corrected chi connectivity index (χ2v) is 5.21. The van der Waals surface area contributed by atoms with Gasteiger partial charge in [-0.2, -0.15) is 0 Å². The first-order valence-electron chi connectivity index (χ1n) is 5.83. The Kier molecular flexibility index (Phi) is 4.00. The summed E-state index contributed by atoms with van der Waals surface area (Å²) >= 11 is 3.27.